The van der Waals surface area contributed by atoms with E-state index in [1.807, 2.05) is 0 Å². The molecule has 1 aliphatic heterocycles. The molecule has 0 bridgehead atoms. The molecule has 0 aliphatic carbocycles. The highest BCUT2D eigenvalue weighted by Gasteiger charge is 2.34. The van der Waals surface area contributed by atoms with Crippen molar-refractivity contribution in [2.24, 2.45) is 11.7 Å². The Bertz CT molecular complexity index is 206. The zero-order valence-corrected chi connectivity index (χ0v) is 9.19. The predicted molar refractivity (Wildman–Crippen MR) is 54.9 cm³/mol. The normalized spacial score (nSPS) is 27.9. The first-order valence-corrected chi connectivity index (χ1v) is 5.18. The van der Waals surface area contributed by atoms with Crippen LogP contribution in [0.25, 0.3) is 0 Å². The molecule has 1 amide bonds. The van der Waals surface area contributed by atoms with Crippen LogP contribution in [0, 0.1) is 5.92 Å². The number of amides is 1. The number of nitrogens with zero attached hydrogens (tertiary/aromatic N) is 1. The van der Waals surface area contributed by atoms with Gasteiger partial charge in [0.15, 0.2) is 0 Å². The minimum Gasteiger partial charge on any atom is -0.453 e. The number of nitrogens with two attached hydrogens (primary N) is 1. The molecule has 1 aliphatic rings. The lowest BCUT2D eigenvalue weighted by molar-refractivity contribution is 0.0657. The lowest BCUT2D eigenvalue weighted by Crippen LogP contribution is -2.56. The zero-order chi connectivity index (χ0) is 10.7. The van der Waals surface area contributed by atoms with E-state index in [0.717, 1.165) is 19.4 Å². The third-order valence-corrected chi connectivity index (χ3v) is 2.83. The number of rotatable bonds is 1. The molecule has 2 atom stereocenters. The zero-order valence-electron chi connectivity index (χ0n) is 9.19. The monoisotopic (exact) mass is 200 g/mol. The van der Waals surface area contributed by atoms with Gasteiger partial charge >= 0.3 is 6.09 Å². The summed E-state index contributed by atoms with van der Waals surface area (Å²) >= 11 is 0. The van der Waals surface area contributed by atoms with Crippen molar-refractivity contribution in [2.45, 2.75) is 38.8 Å². The van der Waals surface area contributed by atoms with E-state index in [4.69, 9.17) is 10.5 Å². The van der Waals surface area contributed by atoms with Crippen LogP contribution in [-0.2, 0) is 4.74 Å². The molecule has 0 radical (unpaired) electrons. The fourth-order valence-electron chi connectivity index (χ4n) is 2.23. The summed E-state index contributed by atoms with van der Waals surface area (Å²) in [4.78, 5) is 13.2. The van der Waals surface area contributed by atoms with Gasteiger partial charge in [0.1, 0.15) is 0 Å². The molecule has 14 heavy (non-hydrogen) atoms. The van der Waals surface area contributed by atoms with Crippen LogP contribution in [0.2, 0.25) is 0 Å². The molecule has 4 heteroatoms. The lowest BCUT2D eigenvalue weighted by atomic mass is 9.89. The summed E-state index contributed by atoms with van der Waals surface area (Å²) in [6, 6.07) is 0.207. The molecule has 1 heterocycles. The van der Waals surface area contributed by atoms with Crippen molar-refractivity contribution in [3.8, 4) is 0 Å². The second kappa shape index (κ2) is 4.64. The summed E-state index contributed by atoms with van der Waals surface area (Å²) in [6.45, 7) is 4.95. The standard InChI is InChI=1S/C10H20N2O2/c1-7(2)9-8(11)5-4-6-12(9)10(13)14-3/h7-9H,4-6,11H2,1-3H3. The maximum absolute atomic E-state index is 11.5. The number of carbonyl (C=O) groups is 1. The molecule has 82 valence electrons. The Balaban J connectivity index is 2.74. The quantitative estimate of drug-likeness (QED) is 0.692. The van der Waals surface area contributed by atoms with E-state index in [0.29, 0.717) is 5.92 Å². The largest absolute Gasteiger partial charge is 0.453 e. The van der Waals surface area contributed by atoms with Gasteiger partial charge in [-0.05, 0) is 18.8 Å². The Kier molecular flexibility index (Phi) is 3.75. The van der Waals surface area contributed by atoms with E-state index >= 15 is 0 Å². The number of likely N-dealkylation sites (tertiary alicyclic amines) is 1. The molecule has 4 nitrogen and oxygen atoms in total. The van der Waals surface area contributed by atoms with Gasteiger partial charge in [-0.25, -0.2) is 4.79 Å². The van der Waals surface area contributed by atoms with Gasteiger partial charge in [0, 0.05) is 12.6 Å². The van der Waals surface area contributed by atoms with Crippen molar-refractivity contribution >= 4 is 6.09 Å². The van der Waals surface area contributed by atoms with Crippen molar-refractivity contribution < 1.29 is 9.53 Å². The van der Waals surface area contributed by atoms with E-state index in [2.05, 4.69) is 13.8 Å². The summed E-state index contributed by atoms with van der Waals surface area (Å²) in [5.41, 5.74) is 6.01. The smallest absolute Gasteiger partial charge is 0.409 e. The highest BCUT2D eigenvalue weighted by Crippen LogP contribution is 2.22. The molecular weight excluding hydrogens is 180 g/mol. The molecule has 0 spiro atoms. The van der Waals surface area contributed by atoms with Crippen LogP contribution in [0.5, 0.6) is 0 Å². The number of hydrogen-bond acceptors (Lipinski definition) is 3. The Hall–Kier alpha value is -0.770. The van der Waals surface area contributed by atoms with Crippen molar-refractivity contribution in [2.75, 3.05) is 13.7 Å². The topological polar surface area (TPSA) is 55.6 Å². The number of carbonyl (C=O) groups excluding carboxylic acids is 1. The maximum atomic E-state index is 11.5. The van der Waals surface area contributed by atoms with Crippen LogP contribution in [0.3, 0.4) is 0 Å². The molecule has 0 aromatic rings. The van der Waals surface area contributed by atoms with E-state index in [1.165, 1.54) is 7.11 Å². The average molecular weight is 200 g/mol. The highest BCUT2D eigenvalue weighted by atomic mass is 16.5. The third kappa shape index (κ3) is 2.18. The molecular formula is C10H20N2O2. The van der Waals surface area contributed by atoms with E-state index in [-0.39, 0.29) is 18.2 Å². The van der Waals surface area contributed by atoms with Crippen molar-refractivity contribution in [1.29, 1.82) is 0 Å². The molecule has 1 rings (SSSR count). The summed E-state index contributed by atoms with van der Waals surface area (Å²) in [6.07, 6.45) is 1.72. The fourth-order valence-corrected chi connectivity index (χ4v) is 2.23. The summed E-state index contributed by atoms with van der Waals surface area (Å²) in [7, 11) is 1.42. The van der Waals surface area contributed by atoms with E-state index < -0.39 is 0 Å². The molecule has 1 saturated heterocycles. The van der Waals surface area contributed by atoms with Gasteiger partial charge in [-0.15, -0.1) is 0 Å². The molecule has 0 aromatic heterocycles. The predicted octanol–water partition coefficient (Wildman–Crippen LogP) is 1.20. The second-order valence-corrected chi connectivity index (χ2v) is 4.20. The number of methoxy groups -OCH3 is 1. The summed E-state index contributed by atoms with van der Waals surface area (Å²) in [5, 5.41) is 0. The molecule has 2 unspecified atom stereocenters. The molecule has 2 N–H and O–H groups in total. The Morgan fingerprint density at radius 3 is 2.71 bits per heavy atom. The first-order valence-electron chi connectivity index (χ1n) is 5.18. The van der Waals surface area contributed by atoms with Gasteiger partial charge in [0.2, 0.25) is 0 Å². The van der Waals surface area contributed by atoms with Crippen LogP contribution in [-0.4, -0.2) is 36.7 Å². The van der Waals surface area contributed by atoms with Crippen molar-refractivity contribution in [3.63, 3.8) is 0 Å². The molecule has 0 aromatic carbocycles. The number of ether oxygens (including phenoxy) is 1. The van der Waals surface area contributed by atoms with Crippen LogP contribution >= 0.6 is 0 Å². The number of hydrogen-bond donors (Lipinski definition) is 1. The fraction of sp³-hybridized carbons (Fsp3) is 0.900. The average Bonchev–Trinajstić information content (AvgIpc) is 2.15. The van der Waals surface area contributed by atoms with E-state index in [9.17, 15) is 4.79 Å². The van der Waals surface area contributed by atoms with Crippen LogP contribution in [0.4, 0.5) is 4.79 Å². The van der Waals surface area contributed by atoms with Crippen molar-refractivity contribution in [1.82, 2.24) is 4.90 Å². The van der Waals surface area contributed by atoms with Crippen LogP contribution < -0.4 is 5.73 Å². The minimum absolute atomic E-state index is 0.0860. The van der Waals surface area contributed by atoms with Gasteiger partial charge < -0.3 is 15.4 Å². The highest BCUT2D eigenvalue weighted by molar-refractivity contribution is 5.68. The first-order chi connectivity index (χ1) is 6.57. The Morgan fingerprint density at radius 1 is 1.57 bits per heavy atom. The van der Waals surface area contributed by atoms with Gasteiger partial charge in [-0.1, -0.05) is 13.8 Å². The van der Waals surface area contributed by atoms with Crippen molar-refractivity contribution in [3.05, 3.63) is 0 Å². The minimum atomic E-state index is -0.251. The van der Waals surface area contributed by atoms with Gasteiger partial charge in [-0.2, -0.15) is 0 Å². The summed E-state index contributed by atoms with van der Waals surface area (Å²) in [5.74, 6) is 0.379. The molecule has 0 saturated carbocycles. The van der Waals surface area contributed by atoms with Gasteiger partial charge in [0.05, 0.1) is 13.2 Å². The SMILES string of the molecule is COC(=O)N1CCCC(N)C1C(C)C. The molecule has 1 fully saturated rings. The first kappa shape index (κ1) is 11.3. The van der Waals surface area contributed by atoms with Crippen LogP contribution in [0.15, 0.2) is 0 Å². The lowest BCUT2D eigenvalue weighted by Gasteiger charge is -2.41. The Morgan fingerprint density at radius 2 is 2.21 bits per heavy atom. The third-order valence-electron chi connectivity index (χ3n) is 2.83. The van der Waals surface area contributed by atoms with Gasteiger partial charge in [0.25, 0.3) is 0 Å². The van der Waals surface area contributed by atoms with E-state index in [1.54, 1.807) is 4.90 Å². The second-order valence-electron chi connectivity index (χ2n) is 4.20. The summed E-state index contributed by atoms with van der Waals surface area (Å²) < 4.78 is 4.75. The van der Waals surface area contributed by atoms with Gasteiger partial charge in [-0.3, -0.25) is 0 Å². The van der Waals surface area contributed by atoms with Crippen LogP contribution in [0.1, 0.15) is 26.7 Å². The Labute approximate surface area is 85.4 Å². The maximum Gasteiger partial charge on any atom is 0.409 e. The number of piperidine rings is 1.